The molecule has 1 aromatic rings. The number of aromatic nitrogens is 2. The van der Waals surface area contributed by atoms with E-state index in [0.29, 0.717) is 13.0 Å². The van der Waals surface area contributed by atoms with Crippen LogP contribution in [0, 0.1) is 0 Å². The van der Waals surface area contributed by atoms with Crippen LogP contribution in [0.3, 0.4) is 0 Å². The van der Waals surface area contributed by atoms with Gasteiger partial charge < -0.3 is 15.5 Å². The fraction of sp³-hybridized carbons (Fsp3) is 0.286. The molecule has 1 heterocycles. The van der Waals surface area contributed by atoms with Crippen molar-refractivity contribution >= 4 is 12.1 Å². The third kappa shape index (κ3) is 3.37. The molecule has 3 N–H and O–H groups in total. The molecule has 0 fully saturated rings. The predicted molar refractivity (Wildman–Crippen MR) is 45.6 cm³/mol. The minimum absolute atomic E-state index is 0.415. The van der Waals surface area contributed by atoms with Crippen LogP contribution in [0.25, 0.3) is 0 Å². The zero-order valence-electron chi connectivity index (χ0n) is 6.90. The molecule has 0 saturated carbocycles. The molecule has 0 atom stereocenters. The molecule has 0 aliphatic heterocycles. The Morgan fingerprint density at radius 3 is 3.31 bits per heavy atom. The van der Waals surface area contributed by atoms with Gasteiger partial charge in [-0.15, -0.1) is 0 Å². The number of nitrogens with zero attached hydrogens (tertiary/aromatic N) is 2. The van der Waals surface area contributed by atoms with Gasteiger partial charge in [0.2, 0.25) is 0 Å². The van der Waals surface area contributed by atoms with Crippen LogP contribution in [0.15, 0.2) is 17.7 Å². The number of nitrogens with one attached hydrogen (secondary N) is 2. The van der Waals surface area contributed by atoms with E-state index in [1.54, 1.807) is 12.5 Å². The monoisotopic (exact) mass is 182 g/mol. The zero-order chi connectivity index (χ0) is 9.52. The highest BCUT2D eigenvalue weighted by molar-refractivity contribution is 6.25. The molecule has 0 bridgehead atoms. The van der Waals surface area contributed by atoms with Gasteiger partial charge in [-0.05, 0) is 0 Å². The Hall–Kier alpha value is -1.85. The van der Waals surface area contributed by atoms with Crippen molar-refractivity contribution in [3.05, 3.63) is 18.2 Å². The Balaban J connectivity index is 2.18. The third-order valence-corrected chi connectivity index (χ3v) is 1.42. The van der Waals surface area contributed by atoms with E-state index in [9.17, 15) is 4.79 Å². The topological polar surface area (TPSA) is 90.4 Å². The maximum absolute atomic E-state index is 10.7. The lowest BCUT2D eigenvalue weighted by Gasteiger charge is -1.98. The molecule has 6 nitrogen and oxygen atoms in total. The van der Waals surface area contributed by atoms with Crippen molar-refractivity contribution in [3.8, 4) is 0 Å². The van der Waals surface area contributed by atoms with Crippen LogP contribution in [-0.4, -0.2) is 33.8 Å². The molecule has 13 heavy (non-hydrogen) atoms. The molecular weight excluding hydrogens is 172 g/mol. The number of carbonyl (C=O) groups excluding carboxylic acids is 1. The summed E-state index contributed by atoms with van der Waals surface area (Å²) in [4.78, 5) is 17.4. The van der Waals surface area contributed by atoms with E-state index in [1.165, 1.54) is 0 Å². The Labute approximate surface area is 74.7 Å². The molecule has 6 heteroatoms. The lowest BCUT2D eigenvalue weighted by molar-refractivity contribution is -0.114. The number of amides is 1. The number of imidazole rings is 1. The predicted octanol–water partition coefficient (Wildman–Crippen LogP) is -0.472. The summed E-state index contributed by atoms with van der Waals surface area (Å²) in [7, 11) is 0. The van der Waals surface area contributed by atoms with Crippen molar-refractivity contribution < 1.29 is 10.0 Å². The maximum atomic E-state index is 10.7. The number of aromatic amines is 1. The molecule has 70 valence electrons. The molecule has 0 saturated heterocycles. The normalized spacial score (nSPS) is 10.5. The summed E-state index contributed by atoms with van der Waals surface area (Å²) in [6.45, 7) is 0.479. The van der Waals surface area contributed by atoms with E-state index >= 15 is 0 Å². The molecule has 0 unspecified atom stereocenters. The number of hydrogen-bond donors (Lipinski definition) is 3. The Bertz CT molecular complexity index is 281. The second kappa shape index (κ2) is 4.91. The van der Waals surface area contributed by atoms with Crippen molar-refractivity contribution in [2.45, 2.75) is 6.42 Å². The zero-order valence-corrected chi connectivity index (χ0v) is 6.90. The van der Waals surface area contributed by atoms with Gasteiger partial charge >= 0.3 is 0 Å². The second-order valence-corrected chi connectivity index (χ2v) is 2.36. The minimum atomic E-state index is -0.415. The highest BCUT2D eigenvalue weighted by Crippen LogP contribution is 1.89. The summed E-state index contributed by atoms with van der Waals surface area (Å²) in [5.74, 6) is -0.415. The quantitative estimate of drug-likeness (QED) is 0.334. The average Bonchev–Trinajstić information content (AvgIpc) is 2.57. The third-order valence-electron chi connectivity index (χ3n) is 1.42. The van der Waals surface area contributed by atoms with Gasteiger partial charge in [-0.25, -0.2) is 4.98 Å². The molecule has 1 amide bonds. The van der Waals surface area contributed by atoms with Crippen molar-refractivity contribution in [2.75, 3.05) is 6.54 Å². The molecule has 0 aromatic carbocycles. The van der Waals surface area contributed by atoms with Crippen LogP contribution in [0.4, 0.5) is 0 Å². The first-order valence-electron chi connectivity index (χ1n) is 3.75. The van der Waals surface area contributed by atoms with Crippen molar-refractivity contribution in [3.63, 3.8) is 0 Å². The van der Waals surface area contributed by atoms with Crippen LogP contribution in [0.1, 0.15) is 5.69 Å². The largest absolute Gasteiger partial charge is 0.411 e. The molecule has 1 aromatic heterocycles. The van der Waals surface area contributed by atoms with Crippen molar-refractivity contribution in [1.82, 2.24) is 15.3 Å². The van der Waals surface area contributed by atoms with Crippen molar-refractivity contribution in [2.24, 2.45) is 5.16 Å². The van der Waals surface area contributed by atoms with E-state index in [2.05, 4.69) is 20.4 Å². The highest BCUT2D eigenvalue weighted by Gasteiger charge is 1.96. The Morgan fingerprint density at radius 2 is 2.69 bits per heavy atom. The highest BCUT2D eigenvalue weighted by atomic mass is 16.4. The smallest absolute Gasteiger partial charge is 0.265 e. The summed E-state index contributed by atoms with van der Waals surface area (Å²) >= 11 is 0. The molecule has 0 aliphatic rings. The van der Waals surface area contributed by atoms with Crippen LogP contribution in [-0.2, 0) is 11.2 Å². The van der Waals surface area contributed by atoms with E-state index in [4.69, 9.17) is 5.21 Å². The number of oxime groups is 1. The van der Waals surface area contributed by atoms with Gasteiger partial charge in [0.05, 0.1) is 6.33 Å². The van der Waals surface area contributed by atoms with Crippen LogP contribution in [0.5, 0.6) is 0 Å². The second-order valence-electron chi connectivity index (χ2n) is 2.36. The van der Waals surface area contributed by atoms with Crippen molar-refractivity contribution in [1.29, 1.82) is 0 Å². The first-order valence-corrected chi connectivity index (χ1v) is 3.75. The van der Waals surface area contributed by atoms with E-state index in [-0.39, 0.29) is 0 Å². The number of rotatable bonds is 4. The Morgan fingerprint density at radius 1 is 1.85 bits per heavy atom. The average molecular weight is 182 g/mol. The SMILES string of the molecule is O=C(/C=N/O)NCCc1cnc[nH]1. The number of carbonyl (C=O) groups is 1. The molecule has 0 aliphatic carbocycles. The van der Waals surface area contributed by atoms with E-state index < -0.39 is 5.91 Å². The van der Waals surface area contributed by atoms with Crippen LogP contribution in [0.2, 0.25) is 0 Å². The summed E-state index contributed by atoms with van der Waals surface area (Å²) < 4.78 is 0. The molecule has 1 rings (SSSR count). The van der Waals surface area contributed by atoms with Crippen LogP contribution >= 0.6 is 0 Å². The minimum Gasteiger partial charge on any atom is -0.411 e. The number of hydrogen-bond acceptors (Lipinski definition) is 4. The standard InChI is InChI=1S/C7H10N4O2/c12-7(4-11-13)9-2-1-6-3-8-5-10-6/h3-5,13H,1-2H2,(H,8,10)(H,9,12)/b11-4+. The van der Waals surface area contributed by atoms with Crippen LogP contribution < -0.4 is 5.32 Å². The maximum Gasteiger partial charge on any atom is 0.265 e. The summed E-state index contributed by atoms with van der Waals surface area (Å²) in [5.41, 5.74) is 0.946. The first-order chi connectivity index (χ1) is 6.33. The Kier molecular flexibility index (Phi) is 3.49. The first kappa shape index (κ1) is 9.24. The van der Waals surface area contributed by atoms with E-state index in [1.807, 2.05) is 0 Å². The van der Waals surface area contributed by atoms with Gasteiger partial charge in [0.1, 0.15) is 6.21 Å². The van der Waals surface area contributed by atoms with Gasteiger partial charge in [-0.3, -0.25) is 4.79 Å². The van der Waals surface area contributed by atoms with Gasteiger partial charge in [0.25, 0.3) is 5.91 Å². The molecule has 0 spiro atoms. The van der Waals surface area contributed by atoms with Gasteiger partial charge in [0.15, 0.2) is 0 Å². The number of H-pyrrole nitrogens is 1. The lowest BCUT2D eigenvalue weighted by atomic mass is 10.3. The summed E-state index contributed by atoms with van der Waals surface area (Å²) in [5, 5.41) is 13.1. The lowest BCUT2D eigenvalue weighted by Crippen LogP contribution is -2.26. The fourth-order valence-corrected chi connectivity index (χ4v) is 0.840. The fourth-order valence-electron chi connectivity index (χ4n) is 0.840. The van der Waals surface area contributed by atoms with Gasteiger partial charge in [-0.1, -0.05) is 5.16 Å². The molecule has 0 radical (unpaired) electrons. The summed E-state index contributed by atoms with van der Waals surface area (Å²) in [6.07, 6.45) is 4.75. The summed E-state index contributed by atoms with van der Waals surface area (Å²) in [6, 6.07) is 0. The van der Waals surface area contributed by atoms with E-state index in [0.717, 1.165) is 11.9 Å². The molecular formula is C7H10N4O2. The van der Waals surface area contributed by atoms with Gasteiger partial charge in [-0.2, -0.15) is 0 Å². The van der Waals surface area contributed by atoms with Gasteiger partial charge in [0, 0.05) is 24.9 Å².